The highest BCUT2D eigenvalue weighted by Gasteiger charge is 2.41. The van der Waals surface area contributed by atoms with Crippen LogP contribution in [0.25, 0.3) is 0 Å². The number of piperidine rings is 1. The Morgan fingerprint density at radius 2 is 2.00 bits per heavy atom. The third-order valence-corrected chi connectivity index (χ3v) is 6.41. The molecule has 1 aromatic rings. The molecule has 0 unspecified atom stereocenters. The highest BCUT2D eigenvalue weighted by molar-refractivity contribution is 7.86. The molecule has 0 aromatic carbocycles. The molecule has 1 saturated heterocycles. The van der Waals surface area contributed by atoms with E-state index in [0.29, 0.717) is 37.9 Å². The first-order valence-electron chi connectivity index (χ1n) is 7.60. The molecule has 1 saturated carbocycles. The topological polar surface area (TPSA) is 79.8 Å². The molecule has 1 aliphatic heterocycles. The summed E-state index contributed by atoms with van der Waals surface area (Å²) in [5.41, 5.74) is 5.68. The minimum atomic E-state index is -3.40. The minimum Gasteiger partial charge on any atom is -0.468 e. The van der Waals surface area contributed by atoms with E-state index in [2.05, 4.69) is 0 Å². The quantitative estimate of drug-likeness (QED) is 0.854. The predicted molar refractivity (Wildman–Crippen MR) is 79.5 cm³/mol. The fraction of sp³-hybridized carbons (Fsp3) is 0.714. The first-order valence-corrected chi connectivity index (χ1v) is 9.00. The Morgan fingerprint density at radius 1 is 1.29 bits per heavy atom. The van der Waals surface area contributed by atoms with Gasteiger partial charge in [0.25, 0.3) is 10.2 Å². The van der Waals surface area contributed by atoms with Gasteiger partial charge in [-0.15, -0.1) is 0 Å². The van der Waals surface area contributed by atoms with E-state index in [4.69, 9.17) is 10.2 Å². The van der Waals surface area contributed by atoms with E-state index in [1.165, 1.54) is 0 Å². The molecule has 1 aliphatic carbocycles. The first-order chi connectivity index (χ1) is 10.1. The second kappa shape index (κ2) is 6.08. The van der Waals surface area contributed by atoms with E-state index in [0.717, 1.165) is 25.7 Å². The zero-order chi connectivity index (χ0) is 14.9. The molecule has 1 aromatic heterocycles. The van der Waals surface area contributed by atoms with Gasteiger partial charge in [-0.2, -0.15) is 17.0 Å². The Hall–Kier alpha value is -0.890. The SMILES string of the molecule is NCC1CCN(S(=O)(=O)N(Cc2ccco2)C2CC2)CC1. The van der Waals surface area contributed by atoms with Gasteiger partial charge < -0.3 is 10.2 Å². The molecule has 2 aliphatic rings. The Labute approximate surface area is 126 Å². The Morgan fingerprint density at radius 3 is 2.52 bits per heavy atom. The second-order valence-electron chi connectivity index (χ2n) is 5.94. The monoisotopic (exact) mass is 313 g/mol. The van der Waals surface area contributed by atoms with Crippen molar-refractivity contribution >= 4 is 10.2 Å². The number of rotatable bonds is 6. The molecular formula is C14H23N3O3S. The summed E-state index contributed by atoms with van der Waals surface area (Å²) >= 11 is 0. The molecule has 21 heavy (non-hydrogen) atoms. The lowest BCUT2D eigenvalue weighted by Gasteiger charge is -2.34. The van der Waals surface area contributed by atoms with Crippen LogP contribution in [0.4, 0.5) is 0 Å². The summed E-state index contributed by atoms with van der Waals surface area (Å²) in [6.07, 6.45) is 5.18. The van der Waals surface area contributed by atoms with Crippen LogP contribution in [0.1, 0.15) is 31.4 Å². The normalized spacial score (nSPS) is 22.0. The van der Waals surface area contributed by atoms with Crippen LogP contribution in [-0.4, -0.2) is 42.7 Å². The molecular weight excluding hydrogens is 290 g/mol. The van der Waals surface area contributed by atoms with Crippen LogP contribution in [0.15, 0.2) is 22.8 Å². The largest absolute Gasteiger partial charge is 0.468 e. The molecule has 0 spiro atoms. The lowest BCUT2D eigenvalue weighted by atomic mass is 9.99. The van der Waals surface area contributed by atoms with Crippen molar-refractivity contribution in [1.29, 1.82) is 0 Å². The summed E-state index contributed by atoms with van der Waals surface area (Å²) in [6.45, 7) is 2.13. The van der Waals surface area contributed by atoms with Crippen LogP contribution in [-0.2, 0) is 16.8 Å². The molecule has 0 amide bonds. The third-order valence-electron chi connectivity index (χ3n) is 4.38. The third kappa shape index (κ3) is 3.31. The van der Waals surface area contributed by atoms with Crippen molar-refractivity contribution < 1.29 is 12.8 Å². The predicted octanol–water partition coefficient (Wildman–Crippen LogP) is 1.16. The molecule has 2 fully saturated rings. The Balaban J connectivity index is 1.72. The van der Waals surface area contributed by atoms with Crippen LogP contribution in [0, 0.1) is 5.92 Å². The fourth-order valence-corrected chi connectivity index (χ4v) is 4.69. The number of nitrogens with zero attached hydrogens (tertiary/aromatic N) is 2. The lowest BCUT2D eigenvalue weighted by Crippen LogP contribution is -2.48. The molecule has 0 bridgehead atoms. The Kier molecular flexibility index (Phi) is 4.35. The van der Waals surface area contributed by atoms with Gasteiger partial charge in [-0.05, 0) is 50.3 Å². The van der Waals surface area contributed by atoms with E-state index in [9.17, 15) is 8.42 Å². The zero-order valence-corrected chi connectivity index (χ0v) is 13.0. The molecule has 2 N–H and O–H groups in total. The molecule has 118 valence electrons. The fourth-order valence-electron chi connectivity index (χ4n) is 2.84. The van der Waals surface area contributed by atoms with Gasteiger partial charge in [0.1, 0.15) is 5.76 Å². The van der Waals surface area contributed by atoms with Gasteiger partial charge in [-0.1, -0.05) is 0 Å². The molecule has 3 rings (SSSR count). The lowest BCUT2D eigenvalue weighted by molar-refractivity contribution is 0.249. The van der Waals surface area contributed by atoms with Gasteiger partial charge in [0, 0.05) is 19.1 Å². The summed E-state index contributed by atoms with van der Waals surface area (Å²) in [4.78, 5) is 0. The van der Waals surface area contributed by atoms with Gasteiger partial charge in [-0.3, -0.25) is 0 Å². The summed E-state index contributed by atoms with van der Waals surface area (Å²) in [7, 11) is -3.40. The van der Waals surface area contributed by atoms with Gasteiger partial charge in [-0.25, -0.2) is 0 Å². The van der Waals surface area contributed by atoms with E-state index >= 15 is 0 Å². The summed E-state index contributed by atoms with van der Waals surface area (Å²) in [6, 6.07) is 3.75. The van der Waals surface area contributed by atoms with E-state index in [1.54, 1.807) is 20.9 Å². The van der Waals surface area contributed by atoms with Crippen molar-refractivity contribution in [2.24, 2.45) is 11.7 Å². The van der Waals surface area contributed by atoms with Crippen LogP contribution in [0.2, 0.25) is 0 Å². The molecule has 0 radical (unpaired) electrons. The van der Waals surface area contributed by atoms with Crippen molar-refractivity contribution in [3.05, 3.63) is 24.2 Å². The highest BCUT2D eigenvalue weighted by atomic mass is 32.2. The highest BCUT2D eigenvalue weighted by Crippen LogP contribution is 2.33. The van der Waals surface area contributed by atoms with Crippen molar-refractivity contribution in [2.45, 2.75) is 38.3 Å². The standard InChI is InChI=1S/C14H23N3O3S/c15-10-12-5-7-16(8-6-12)21(18,19)17(13-3-4-13)11-14-2-1-9-20-14/h1-2,9,12-13H,3-8,10-11,15H2. The zero-order valence-electron chi connectivity index (χ0n) is 12.1. The molecule has 0 atom stereocenters. The Bertz CT molecular complexity index is 546. The number of furan rings is 1. The van der Waals surface area contributed by atoms with E-state index < -0.39 is 10.2 Å². The van der Waals surface area contributed by atoms with Gasteiger partial charge >= 0.3 is 0 Å². The van der Waals surface area contributed by atoms with Gasteiger partial charge in [0.2, 0.25) is 0 Å². The molecule has 7 heteroatoms. The van der Waals surface area contributed by atoms with E-state index in [-0.39, 0.29) is 6.04 Å². The number of hydrogen-bond donors (Lipinski definition) is 1. The summed E-state index contributed by atoms with van der Waals surface area (Å²) in [5.74, 6) is 1.15. The van der Waals surface area contributed by atoms with Crippen molar-refractivity contribution in [2.75, 3.05) is 19.6 Å². The smallest absolute Gasteiger partial charge is 0.282 e. The van der Waals surface area contributed by atoms with E-state index in [1.807, 2.05) is 6.07 Å². The maximum atomic E-state index is 12.9. The van der Waals surface area contributed by atoms with Crippen LogP contribution in [0.3, 0.4) is 0 Å². The molecule has 2 heterocycles. The van der Waals surface area contributed by atoms with Crippen LogP contribution in [0.5, 0.6) is 0 Å². The average molecular weight is 313 g/mol. The first kappa shape index (κ1) is 15.0. The molecule has 6 nitrogen and oxygen atoms in total. The van der Waals surface area contributed by atoms with Crippen LogP contribution < -0.4 is 5.73 Å². The summed E-state index contributed by atoms with van der Waals surface area (Å²) in [5, 5.41) is 0. The van der Waals surface area contributed by atoms with Crippen molar-refractivity contribution in [3.63, 3.8) is 0 Å². The van der Waals surface area contributed by atoms with Crippen molar-refractivity contribution in [3.8, 4) is 0 Å². The second-order valence-corrected chi connectivity index (χ2v) is 7.82. The van der Waals surface area contributed by atoms with Crippen molar-refractivity contribution in [1.82, 2.24) is 8.61 Å². The van der Waals surface area contributed by atoms with Gasteiger partial charge in [0.15, 0.2) is 0 Å². The minimum absolute atomic E-state index is 0.132. The number of nitrogens with two attached hydrogens (primary N) is 1. The average Bonchev–Trinajstić information content (AvgIpc) is 3.20. The maximum Gasteiger partial charge on any atom is 0.282 e. The number of hydrogen-bond acceptors (Lipinski definition) is 4. The summed E-state index contributed by atoms with van der Waals surface area (Å²) < 4.78 is 34.3. The maximum absolute atomic E-state index is 12.9. The van der Waals surface area contributed by atoms with Crippen LogP contribution >= 0.6 is 0 Å². The van der Waals surface area contributed by atoms with Gasteiger partial charge in [0.05, 0.1) is 12.8 Å².